The quantitative estimate of drug-likeness (QED) is 0.221. The predicted octanol–water partition coefficient (Wildman–Crippen LogP) is 6.79. The van der Waals surface area contributed by atoms with Gasteiger partial charge < -0.3 is 10.2 Å². The molecule has 7 nitrogen and oxygen atoms in total. The monoisotopic (exact) mass is 637 g/mol. The number of amides is 2. The van der Waals surface area contributed by atoms with Gasteiger partial charge >= 0.3 is 0 Å². The number of benzene rings is 3. The molecule has 0 saturated heterocycles. The van der Waals surface area contributed by atoms with Crippen molar-refractivity contribution < 1.29 is 18.0 Å². The first-order valence-electron chi connectivity index (χ1n) is 13.2. The standard InChI is InChI=1S/C30H34Cl3N3O4S/c1-5-6-15-34-30(38)22(4)35(18-23-10-11-24(31)16-28(23)33)29(37)19-36(25-12-9-21(3)27(32)17-25)41(39,40)26-13-7-20(2)8-14-26/h7-14,16-17,22H,5-6,15,18-19H2,1-4H3,(H,34,38)/t22-/m1/s1. The average molecular weight is 639 g/mol. The van der Waals surface area contributed by atoms with E-state index >= 15 is 0 Å². The summed E-state index contributed by atoms with van der Waals surface area (Å²) in [5.41, 5.74) is 2.42. The van der Waals surface area contributed by atoms with E-state index in [9.17, 15) is 18.0 Å². The third-order valence-electron chi connectivity index (χ3n) is 6.68. The summed E-state index contributed by atoms with van der Waals surface area (Å²) in [5.74, 6) is -0.954. The molecule has 0 heterocycles. The van der Waals surface area contributed by atoms with E-state index in [2.05, 4.69) is 5.32 Å². The minimum absolute atomic E-state index is 0.0188. The molecule has 0 unspecified atom stereocenters. The van der Waals surface area contributed by atoms with Gasteiger partial charge in [0.25, 0.3) is 10.0 Å². The van der Waals surface area contributed by atoms with Gasteiger partial charge in [0, 0.05) is 28.2 Å². The van der Waals surface area contributed by atoms with Gasteiger partial charge in [-0.2, -0.15) is 0 Å². The number of hydrogen-bond acceptors (Lipinski definition) is 4. The van der Waals surface area contributed by atoms with Crippen LogP contribution in [0.3, 0.4) is 0 Å². The van der Waals surface area contributed by atoms with E-state index in [1.807, 2.05) is 13.8 Å². The van der Waals surface area contributed by atoms with E-state index in [1.54, 1.807) is 56.3 Å². The zero-order chi connectivity index (χ0) is 30.3. The summed E-state index contributed by atoms with van der Waals surface area (Å²) >= 11 is 18.9. The first kappa shape index (κ1) is 32.7. The lowest BCUT2D eigenvalue weighted by molar-refractivity contribution is -0.139. The van der Waals surface area contributed by atoms with Gasteiger partial charge in [0.15, 0.2) is 0 Å². The number of halogens is 3. The van der Waals surface area contributed by atoms with Crippen molar-refractivity contribution in [3.05, 3.63) is 92.4 Å². The minimum atomic E-state index is -4.20. The van der Waals surface area contributed by atoms with E-state index < -0.39 is 28.5 Å². The summed E-state index contributed by atoms with van der Waals surface area (Å²) in [4.78, 5) is 28.4. The largest absolute Gasteiger partial charge is 0.354 e. The third-order valence-corrected chi connectivity index (χ3v) is 9.47. The first-order valence-corrected chi connectivity index (χ1v) is 15.8. The summed E-state index contributed by atoms with van der Waals surface area (Å²) < 4.78 is 28.9. The van der Waals surface area contributed by atoms with E-state index in [0.717, 1.165) is 28.3 Å². The second-order valence-corrected chi connectivity index (χ2v) is 12.9. The maximum absolute atomic E-state index is 14.0. The van der Waals surface area contributed by atoms with Crippen molar-refractivity contribution in [3.63, 3.8) is 0 Å². The Hall–Kier alpha value is -2.78. The van der Waals surface area contributed by atoms with E-state index in [-0.39, 0.29) is 23.0 Å². The molecule has 0 saturated carbocycles. The van der Waals surface area contributed by atoms with Crippen LogP contribution in [0.25, 0.3) is 0 Å². The highest BCUT2D eigenvalue weighted by molar-refractivity contribution is 7.92. The number of nitrogens with one attached hydrogen (secondary N) is 1. The molecule has 0 radical (unpaired) electrons. The minimum Gasteiger partial charge on any atom is -0.354 e. The zero-order valence-electron chi connectivity index (χ0n) is 23.5. The Kier molecular flexibility index (Phi) is 11.5. The summed E-state index contributed by atoms with van der Waals surface area (Å²) in [6.45, 7) is 7.10. The van der Waals surface area contributed by atoms with Gasteiger partial charge in [0.05, 0.1) is 10.6 Å². The second-order valence-electron chi connectivity index (χ2n) is 9.84. The Labute approximate surface area is 257 Å². The molecule has 3 rings (SSSR count). The molecule has 0 aliphatic rings. The number of anilines is 1. The predicted molar refractivity (Wildman–Crippen MR) is 166 cm³/mol. The van der Waals surface area contributed by atoms with Crippen molar-refractivity contribution in [2.45, 2.75) is 58.0 Å². The number of aryl methyl sites for hydroxylation is 2. The van der Waals surface area contributed by atoms with Crippen molar-refractivity contribution in [3.8, 4) is 0 Å². The van der Waals surface area contributed by atoms with Crippen molar-refractivity contribution >= 4 is 62.3 Å². The molecular weight excluding hydrogens is 605 g/mol. The molecule has 1 N–H and O–H groups in total. The molecule has 0 aliphatic carbocycles. The average Bonchev–Trinajstić information content (AvgIpc) is 2.92. The maximum Gasteiger partial charge on any atom is 0.264 e. The van der Waals surface area contributed by atoms with Crippen molar-refractivity contribution in [1.82, 2.24) is 10.2 Å². The Bertz CT molecular complexity index is 1500. The number of carbonyl (C=O) groups excluding carboxylic acids is 2. The number of unbranched alkanes of at least 4 members (excludes halogenated alkanes) is 1. The van der Waals surface area contributed by atoms with E-state index in [1.165, 1.54) is 23.1 Å². The van der Waals surface area contributed by atoms with Gasteiger partial charge in [-0.25, -0.2) is 8.42 Å². The fourth-order valence-electron chi connectivity index (χ4n) is 4.06. The third kappa shape index (κ3) is 8.38. The fraction of sp³-hybridized carbons (Fsp3) is 0.333. The highest BCUT2D eigenvalue weighted by Crippen LogP contribution is 2.29. The molecular formula is C30H34Cl3N3O4S. The van der Waals surface area contributed by atoms with Gasteiger partial charge in [-0.05, 0) is 74.7 Å². The highest BCUT2D eigenvalue weighted by Gasteiger charge is 2.33. The number of carbonyl (C=O) groups is 2. The lowest BCUT2D eigenvalue weighted by atomic mass is 10.1. The number of rotatable bonds is 12. The number of nitrogens with zero attached hydrogens (tertiary/aromatic N) is 2. The summed E-state index contributed by atoms with van der Waals surface area (Å²) in [6.07, 6.45) is 1.68. The fourth-order valence-corrected chi connectivity index (χ4v) is 6.10. The number of sulfonamides is 1. The van der Waals surface area contributed by atoms with Crippen LogP contribution < -0.4 is 9.62 Å². The van der Waals surface area contributed by atoms with Crippen LogP contribution in [0.1, 0.15) is 43.4 Å². The molecule has 0 aromatic heterocycles. The van der Waals surface area contributed by atoms with Gasteiger partial charge in [-0.15, -0.1) is 0 Å². The van der Waals surface area contributed by atoms with Gasteiger partial charge in [-0.1, -0.05) is 78.0 Å². The molecule has 41 heavy (non-hydrogen) atoms. The summed E-state index contributed by atoms with van der Waals surface area (Å²) in [5, 5.41) is 3.95. The molecule has 220 valence electrons. The van der Waals surface area contributed by atoms with E-state index in [4.69, 9.17) is 34.8 Å². The molecule has 0 fully saturated rings. The Morgan fingerprint density at radius 2 is 1.61 bits per heavy atom. The zero-order valence-corrected chi connectivity index (χ0v) is 26.5. The molecule has 3 aromatic rings. The van der Waals surface area contributed by atoms with Crippen LogP contribution in [0.4, 0.5) is 5.69 Å². The smallest absolute Gasteiger partial charge is 0.264 e. The van der Waals surface area contributed by atoms with Crippen LogP contribution in [0.2, 0.25) is 15.1 Å². The van der Waals surface area contributed by atoms with Crippen molar-refractivity contribution in [1.29, 1.82) is 0 Å². The lowest BCUT2D eigenvalue weighted by Crippen LogP contribution is -2.51. The molecule has 0 aliphatic heterocycles. The molecule has 0 bridgehead atoms. The normalized spacial score (nSPS) is 12.1. The first-order chi connectivity index (χ1) is 19.3. The molecule has 0 spiro atoms. The Balaban J connectivity index is 2.05. The van der Waals surface area contributed by atoms with Crippen LogP contribution in [0.5, 0.6) is 0 Å². The highest BCUT2D eigenvalue weighted by atomic mass is 35.5. The molecule has 2 amide bonds. The summed E-state index contributed by atoms with van der Waals surface area (Å²) in [7, 11) is -4.20. The second kappa shape index (κ2) is 14.4. The topological polar surface area (TPSA) is 86.8 Å². The summed E-state index contributed by atoms with van der Waals surface area (Å²) in [6, 6.07) is 15.1. The maximum atomic E-state index is 14.0. The SMILES string of the molecule is CCCCNC(=O)[C@@H](C)N(Cc1ccc(Cl)cc1Cl)C(=O)CN(c1ccc(C)c(Cl)c1)S(=O)(=O)c1ccc(C)cc1. The Morgan fingerprint density at radius 1 is 0.927 bits per heavy atom. The lowest BCUT2D eigenvalue weighted by Gasteiger charge is -2.32. The molecule has 1 atom stereocenters. The molecule has 3 aromatic carbocycles. The van der Waals surface area contributed by atoms with Crippen LogP contribution in [-0.4, -0.2) is 44.3 Å². The van der Waals surface area contributed by atoms with Gasteiger partial charge in [0.2, 0.25) is 11.8 Å². The van der Waals surface area contributed by atoms with Crippen LogP contribution >= 0.6 is 34.8 Å². The van der Waals surface area contributed by atoms with E-state index in [0.29, 0.717) is 27.2 Å². The van der Waals surface area contributed by atoms with Crippen molar-refractivity contribution in [2.24, 2.45) is 0 Å². The number of hydrogen-bond donors (Lipinski definition) is 1. The van der Waals surface area contributed by atoms with Gasteiger partial charge in [-0.3, -0.25) is 13.9 Å². The van der Waals surface area contributed by atoms with Crippen molar-refractivity contribution in [2.75, 3.05) is 17.4 Å². The van der Waals surface area contributed by atoms with Gasteiger partial charge in [0.1, 0.15) is 12.6 Å². The molecule has 11 heteroatoms. The Morgan fingerprint density at radius 3 is 2.22 bits per heavy atom. The van der Waals surface area contributed by atoms with Crippen LogP contribution in [0, 0.1) is 13.8 Å². The van der Waals surface area contributed by atoms with Crippen LogP contribution in [0.15, 0.2) is 65.6 Å². The van der Waals surface area contributed by atoms with Crippen LogP contribution in [-0.2, 0) is 26.2 Å².